The molecule has 0 aromatic heterocycles. The third-order valence-electron chi connectivity index (χ3n) is 3.38. The van der Waals surface area contributed by atoms with Crippen molar-refractivity contribution in [2.45, 2.75) is 12.6 Å². The maximum absolute atomic E-state index is 11.9. The molecule has 0 unspecified atom stereocenters. The number of hydrogen-bond acceptors (Lipinski definition) is 5. The van der Waals surface area contributed by atoms with E-state index in [0.29, 0.717) is 39.1 Å². The molecule has 134 valence electrons. The van der Waals surface area contributed by atoms with Gasteiger partial charge in [0, 0.05) is 39.3 Å². The Balaban J connectivity index is 2.11. The molecule has 1 aliphatic rings. The van der Waals surface area contributed by atoms with Crippen LogP contribution in [0.5, 0.6) is 0 Å². The summed E-state index contributed by atoms with van der Waals surface area (Å²) in [5, 5.41) is 2.42. The zero-order chi connectivity index (χ0) is 17.3. The summed E-state index contributed by atoms with van der Waals surface area (Å²) in [4.78, 5) is 26.5. The summed E-state index contributed by atoms with van der Waals surface area (Å²) in [6.45, 7) is 1.60. The quantitative estimate of drug-likeness (QED) is 0.564. The van der Waals surface area contributed by atoms with Gasteiger partial charge in [-0.2, -0.15) is 13.2 Å². The van der Waals surface area contributed by atoms with Crippen LogP contribution in [-0.4, -0.2) is 86.8 Å². The Morgan fingerprint density at radius 1 is 1.17 bits per heavy atom. The molecule has 0 radical (unpaired) electrons. The van der Waals surface area contributed by atoms with Crippen LogP contribution in [0.1, 0.15) is 6.42 Å². The fraction of sp³-hybridized carbons (Fsp3) is 0.846. The lowest BCUT2D eigenvalue weighted by Crippen LogP contribution is -2.51. The molecule has 0 aliphatic carbocycles. The second-order valence-electron chi connectivity index (χ2n) is 5.22. The number of carbonyl (C=O) groups is 2. The van der Waals surface area contributed by atoms with E-state index in [4.69, 9.17) is 5.73 Å². The predicted molar refractivity (Wildman–Crippen MR) is 76.6 cm³/mol. The Labute approximate surface area is 132 Å². The minimum Gasteiger partial charge on any atom is -0.372 e. The number of halogens is 3. The average molecular weight is 340 g/mol. The number of nitrogens with two attached hydrogens (primary N) is 1. The van der Waals surface area contributed by atoms with Crippen molar-refractivity contribution >= 4 is 11.8 Å². The molecule has 1 saturated heterocycles. The number of rotatable bonds is 8. The van der Waals surface area contributed by atoms with Gasteiger partial charge in [-0.25, -0.2) is 0 Å². The summed E-state index contributed by atoms with van der Waals surface area (Å²) >= 11 is 0. The van der Waals surface area contributed by atoms with Gasteiger partial charge in [0.05, 0.1) is 13.1 Å². The average Bonchev–Trinajstić information content (AvgIpc) is 2.51. The highest BCUT2D eigenvalue weighted by molar-refractivity contribution is 5.85. The van der Waals surface area contributed by atoms with E-state index in [2.05, 4.69) is 15.0 Å². The van der Waals surface area contributed by atoms with Gasteiger partial charge in [-0.05, 0) is 6.42 Å². The van der Waals surface area contributed by atoms with Gasteiger partial charge in [0.2, 0.25) is 11.8 Å². The number of piperazine rings is 1. The number of ether oxygens (including phenoxy) is 1. The van der Waals surface area contributed by atoms with Crippen LogP contribution in [0.3, 0.4) is 0 Å². The molecule has 0 spiro atoms. The van der Waals surface area contributed by atoms with E-state index in [1.54, 1.807) is 4.90 Å². The molecule has 10 heteroatoms. The van der Waals surface area contributed by atoms with Gasteiger partial charge in [0.25, 0.3) is 0 Å². The first-order chi connectivity index (χ1) is 10.8. The summed E-state index contributed by atoms with van der Waals surface area (Å²) in [5.74, 6) is -0.546. The first-order valence-corrected chi connectivity index (χ1v) is 7.43. The standard InChI is InChI=1S/C13H23F3N4O3/c14-13(15,16)10-23-7-1-2-19-3-5-20(6-4-19)12(22)9-18-11(21)8-17/h1-10,17H2,(H,18,21). The van der Waals surface area contributed by atoms with Crippen molar-refractivity contribution in [2.75, 3.05) is 59.0 Å². The second-order valence-corrected chi connectivity index (χ2v) is 5.22. The van der Waals surface area contributed by atoms with E-state index in [9.17, 15) is 22.8 Å². The van der Waals surface area contributed by atoms with Crippen molar-refractivity contribution in [1.82, 2.24) is 15.1 Å². The van der Waals surface area contributed by atoms with Gasteiger partial charge in [-0.3, -0.25) is 14.5 Å². The molecular weight excluding hydrogens is 317 g/mol. The first kappa shape index (κ1) is 19.7. The van der Waals surface area contributed by atoms with E-state index in [0.717, 1.165) is 0 Å². The van der Waals surface area contributed by atoms with E-state index < -0.39 is 12.8 Å². The lowest BCUT2D eigenvalue weighted by molar-refractivity contribution is -0.174. The number of carbonyl (C=O) groups excluding carboxylic acids is 2. The van der Waals surface area contributed by atoms with E-state index in [1.165, 1.54) is 0 Å². The normalized spacial score (nSPS) is 16.4. The van der Waals surface area contributed by atoms with Crippen LogP contribution in [0, 0.1) is 0 Å². The summed E-state index contributed by atoms with van der Waals surface area (Å²) in [7, 11) is 0. The van der Waals surface area contributed by atoms with Crippen molar-refractivity contribution in [3.8, 4) is 0 Å². The maximum Gasteiger partial charge on any atom is 0.411 e. The van der Waals surface area contributed by atoms with Crippen molar-refractivity contribution < 1.29 is 27.5 Å². The molecule has 1 heterocycles. The molecule has 1 fully saturated rings. The molecule has 1 aliphatic heterocycles. The van der Waals surface area contributed by atoms with Gasteiger partial charge in [-0.1, -0.05) is 0 Å². The van der Waals surface area contributed by atoms with Crippen LogP contribution in [0.15, 0.2) is 0 Å². The van der Waals surface area contributed by atoms with Crippen LogP contribution in [0.25, 0.3) is 0 Å². The number of nitrogens with one attached hydrogen (secondary N) is 1. The summed E-state index contributed by atoms with van der Waals surface area (Å²) in [5.41, 5.74) is 5.13. The lowest BCUT2D eigenvalue weighted by atomic mass is 10.3. The molecule has 0 saturated carbocycles. The maximum atomic E-state index is 11.9. The van der Waals surface area contributed by atoms with Gasteiger partial charge in [0.1, 0.15) is 6.61 Å². The van der Waals surface area contributed by atoms with Crippen molar-refractivity contribution in [1.29, 1.82) is 0 Å². The fourth-order valence-corrected chi connectivity index (χ4v) is 2.16. The number of nitrogens with zero attached hydrogens (tertiary/aromatic N) is 2. The Morgan fingerprint density at radius 3 is 2.39 bits per heavy atom. The number of alkyl halides is 3. The molecule has 2 amide bonds. The summed E-state index contributed by atoms with van der Waals surface area (Å²) < 4.78 is 40.2. The van der Waals surface area contributed by atoms with Crippen molar-refractivity contribution in [3.63, 3.8) is 0 Å². The third-order valence-corrected chi connectivity index (χ3v) is 3.38. The van der Waals surface area contributed by atoms with Crippen molar-refractivity contribution in [2.24, 2.45) is 5.73 Å². The predicted octanol–water partition coefficient (Wildman–Crippen LogP) is -0.825. The zero-order valence-corrected chi connectivity index (χ0v) is 12.9. The van der Waals surface area contributed by atoms with Crippen molar-refractivity contribution in [3.05, 3.63) is 0 Å². The van der Waals surface area contributed by atoms with Crippen LogP contribution < -0.4 is 11.1 Å². The fourth-order valence-electron chi connectivity index (χ4n) is 2.16. The number of amides is 2. The van der Waals surface area contributed by atoms with Crippen LogP contribution in [0.4, 0.5) is 13.2 Å². The second kappa shape index (κ2) is 9.68. The van der Waals surface area contributed by atoms with Gasteiger partial charge >= 0.3 is 6.18 Å². The molecule has 0 aromatic rings. The molecule has 0 aromatic carbocycles. The molecular formula is C13H23F3N4O3. The topological polar surface area (TPSA) is 87.9 Å². The molecule has 1 rings (SSSR count). The number of hydrogen-bond donors (Lipinski definition) is 2. The molecule has 7 nitrogen and oxygen atoms in total. The highest BCUT2D eigenvalue weighted by atomic mass is 19.4. The molecule has 0 bridgehead atoms. The van der Waals surface area contributed by atoms with Crippen LogP contribution in [0.2, 0.25) is 0 Å². The zero-order valence-electron chi connectivity index (χ0n) is 12.9. The minimum absolute atomic E-state index is 0.0593. The Morgan fingerprint density at radius 2 is 1.83 bits per heavy atom. The smallest absolute Gasteiger partial charge is 0.372 e. The van der Waals surface area contributed by atoms with Crippen LogP contribution in [-0.2, 0) is 14.3 Å². The molecule has 3 N–H and O–H groups in total. The highest BCUT2D eigenvalue weighted by Gasteiger charge is 2.27. The minimum atomic E-state index is -4.29. The lowest BCUT2D eigenvalue weighted by Gasteiger charge is -2.34. The molecule has 0 atom stereocenters. The van der Waals surface area contributed by atoms with Gasteiger partial charge < -0.3 is 20.7 Å². The first-order valence-electron chi connectivity index (χ1n) is 7.43. The summed E-state index contributed by atoms with van der Waals surface area (Å²) in [6, 6.07) is 0. The van der Waals surface area contributed by atoms with E-state index >= 15 is 0 Å². The van der Waals surface area contributed by atoms with Crippen LogP contribution >= 0.6 is 0 Å². The summed E-state index contributed by atoms with van der Waals surface area (Å²) in [6.07, 6.45) is -3.78. The van der Waals surface area contributed by atoms with Gasteiger partial charge in [-0.15, -0.1) is 0 Å². The van der Waals surface area contributed by atoms with Gasteiger partial charge in [0.15, 0.2) is 0 Å². The largest absolute Gasteiger partial charge is 0.411 e. The Hall–Kier alpha value is -1.39. The SMILES string of the molecule is NCC(=O)NCC(=O)N1CCN(CCCOCC(F)(F)F)CC1. The molecule has 23 heavy (non-hydrogen) atoms. The Bertz CT molecular complexity index is 385. The van der Waals surface area contributed by atoms with E-state index in [1.807, 2.05) is 0 Å². The highest BCUT2D eigenvalue weighted by Crippen LogP contribution is 2.14. The van der Waals surface area contributed by atoms with E-state index in [-0.39, 0.29) is 31.5 Å². The Kier molecular flexibility index (Phi) is 8.28. The monoisotopic (exact) mass is 340 g/mol. The third kappa shape index (κ3) is 8.72.